The summed E-state index contributed by atoms with van der Waals surface area (Å²) in [5, 5.41) is -1.35. The van der Waals surface area contributed by atoms with Gasteiger partial charge in [-0.2, -0.15) is 0 Å². The Bertz CT molecular complexity index is 211. The van der Waals surface area contributed by atoms with Crippen LogP contribution in [0.2, 0.25) is 0 Å². The second kappa shape index (κ2) is 4.75. The number of hydrogen-bond acceptors (Lipinski definition) is 2. The average molecular weight is 224 g/mol. The van der Waals surface area contributed by atoms with E-state index < -0.39 is 12.9 Å². The smallest absolute Gasteiger partial charge is 0.357 e. The van der Waals surface area contributed by atoms with Crippen molar-refractivity contribution < 1.29 is 19.1 Å². The molecule has 0 aromatic heterocycles. The average Bonchev–Trinajstić information content (AvgIpc) is 1.95. The molecule has 0 radical (unpaired) electrons. The zero-order valence-electron chi connectivity index (χ0n) is 9.52. The summed E-state index contributed by atoms with van der Waals surface area (Å²) in [4.78, 5) is 18.8. The Balaban J connectivity index is 5.28. The maximum atomic E-state index is 11.5. The van der Waals surface area contributed by atoms with Crippen LogP contribution < -0.4 is 0 Å². The van der Waals surface area contributed by atoms with E-state index in [1.807, 2.05) is 0 Å². The van der Waals surface area contributed by atoms with Crippen molar-refractivity contribution in [1.82, 2.24) is 0 Å². The Labute approximate surface area is 85.8 Å². The van der Waals surface area contributed by atoms with Gasteiger partial charge in [-0.25, -0.2) is 0 Å². The highest BCUT2D eigenvalue weighted by atomic mass is 31.2. The molecule has 4 nitrogen and oxygen atoms in total. The highest BCUT2D eigenvalue weighted by Gasteiger charge is 2.52. The molecule has 0 rings (SSSR count). The van der Waals surface area contributed by atoms with Crippen LogP contribution in [0.1, 0.15) is 34.6 Å². The Hall–Kier alpha value is 0.110. The standard InChI is InChI=1S/C9H21O4P/c1-6-13-9(7(2)3,8(4)5)14(10,11)12/h7-8H,6H2,1-5H3,(H2,10,11,12). The molecule has 0 heterocycles. The van der Waals surface area contributed by atoms with Gasteiger partial charge in [0.15, 0.2) is 5.34 Å². The van der Waals surface area contributed by atoms with Crippen LogP contribution >= 0.6 is 7.60 Å². The molecule has 14 heavy (non-hydrogen) atoms. The minimum absolute atomic E-state index is 0.219. The molecule has 0 saturated carbocycles. The van der Waals surface area contributed by atoms with Crippen LogP contribution in [0.25, 0.3) is 0 Å². The topological polar surface area (TPSA) is 66.8 Å². The largest absolute Gasteiger partial charge is 0.362 e. The zero-order valence-corrected chi connectivity index (χ0v) is 10.4. The molecule has 86 valence electrons. The summed E-state index contributed by atoms with van der Waals surface area (Å²) in [5.74, 6) is -0.438. The maximum absolute atomic E-state index is 11.5. The third-order valence-electron chi connectivity index (χ3n) is 2.49. The lowest BCUT2D eigenvalue weighted by Crippen LogP contribution is -2.43. The third-order valence-corrected chi connectivity index (χ3v) is 4.56. The van der Waals surface area contributed by atoms with E-state index in [1.165, 1.54) is 0 Å². The number of hydrogen-bond donors (Lipinski definition) is 2. The normalized spacial score (nSPS) is 14.1. The van der Waals surface area contributed by atoms with Crippen molar-refractivity contribution in [3.8, 4) is 0 Å². The van der Waals surface area contributed by atoms with Gasteiger partial charge in [0.2, 0.25) is 0 Å². The zero-order chi connectivity index (χ0) is 11.6. The number of rotatable bonds is 5. The van der Waals surface area contributed by atoms with Gasteiger partial charge in [0, 0.05) is 6.61 Å². The summed E-state index contributed by atoms with van der Waals surface area (Å²) in [5.41, 5.74) is 0. The Morgan fingerprint density at radius 1 is 1.21 bits per heavy atom. The van der Waals surface area contributed by atoms with Gasteiger partial charge >= 0.3 is 7.60 Å². The van der Waals surface area contributed by atoms with Crippen LogP contribution in [-0.2, 0) is 9.30 Å². The molecule has 0 aliphatic heterocycles. The first-order chi connectivity index (χ1) is 6.20. The molecule has 2 N–H and O–H groups in total. The molecule has 0 fully saturated rings. The first-order valence-corrected chi connectivity index (χ1v) is 6.51. The summed E-state index contributed by atoms with van der Waals surface area (Å²) in [7, 11) is -4.26. The lowest BCUT2D eigenvalue weighted by molar-refractivity contribution is -0.0566. The van der Waals surface area contributed by atoms with E-state index in [4.69, 9.17) is 4.74 Å². The van der Waals surface area contributed by atoms with Crippen LogP contribution in [0.15, 0.2) is 0 Å². The molecular formula is C9H21O4P. The first kappa shape index (κ1) is 14.1. The fraction of sp³-hybridized carbons (Fsp3) is 1.00. The summed E-state index contributed by atoms with van der Waals surface area (Å²) < 4.78 is 16.8. The first-order valence-electron chi connectivity index (χ1n) is 4.89. The van der Waals surface area contributed by atoms with E-state index >= 15 is 0 Å². The summed E-state index contributed by atoms with van der Waals surface area (Å²) in [6.07, 6.45) is 0. The molecule has 0 spiro atoms. The van der Waals surface area contributed by atoms with Gasteiger partial charge in [-0.15, -0.1) is 0 Å². The van der Waals surface area contributed by atoms with Crippen molar-refractivity contribution in [2.75, 3.05) is 6.61 Å². The van der Waals surface area contributed by atoms with Crippen molar-refractivity contribution in [2.45, 2.75) is 40.0 Å². The molecule has 0 aliphatic rings. The Morgan fingerprint density at radius 3 is 1.64 bits per heavy atom. The SMILES string of the molecule is CCOC(C(C)C)(C(C)C)P(=O)(O)O. The van der Waals surface area contributed by atoms with Crippen LogP contribution in [0.3, 0.4) is 0 Å². The molecule has 0 amide bonds. The van der Waals surface area contributed by atoms with Crippen molar-refractivity contribution in [1.29, 1.82) is 0 Å². The summed E-state index contributed by atoms with van der Waals surface area (Å²) >= 11 is 0. The Kier molecular flexibility index (Phi) is 4.79. The van der Waals surface area contributed by atoms with Crippen LogP contribution in [0.5, 0.6) is 0 Å². The maximum Gasteiger partial charge on any atom is 0.357 e. The summed E-state index contributed by atoms with van der Waals surface area (Å²) in [6, 6.07) is 0. The van der Waals surface area contributed by atoms with Gasteiger partial charge in [-0.3, -0.25) is 4.57 Å². The van der Waals surface area contributed by atoms with Gasteiger partial charge in [0.25, 0.3) is 0 Å². The highest BCUT2D eigenvalue weighted by Crippen LogP contribution is 2.59. The minimum atomic E-state index is -4.26. The van der Waals surface area contributed by atoms with E-state index in [0.717, 1.165) is 0 Å². The Morgan fingerprint density at radius 2 is 1.57 bits per heavy atom. The molecule has 0 saturated heterocycles. The fourth-order valence-corrected chi connectivity index (χ4v) is 3.63. The second-order valence-corrected chi connectivity index (χ2v) is 5.83. The van der Waals surface area contributed by atoms with E-state index in [1.54, 1.807) is 34.6 Å². The van der Waals surface area contributed by atoms with Gasteiger partial charge in [0.1, 0.15) is 0 Å². The van der Waals surface area contributed by atoms with Gasteiger partial charge in [-0.05, 0) is 18.8 Å². The molecule has 0 unspecified atom stereocenters. The van der Waals surface area contributed by atoms with Crippen LogP contribution in [-0.4, -0.2) is 21.7 Å². The lowest BCUT2D eigenvalue weighted by atomic mass is 9.95. The van der Waals surface area contributed by atoms with Crippen molar-refractivity contribution in [3.63, 3.8) is 0 Å². The lowest BCUT2D eigenvalue weighted by Gasteiger charge is -2.40. The van der Waals surface area contributed by atoms with Crippen LogP contribution in [0.4, 0.5) is 0 Å². The second-order valence-electron chi connectivity index (χ2n) is 4.04. The van der Waals surface area contributed by atoms with Gasteiger partial charge in [-0.1, -0.05) is 27.7 Å². The van der Waals surface area contributed by atoms with Gasteiger partial charge < -0.3 is 14.5 Å². The van der Waals surface area contributed by atoms with Crippen LogP contribution in [0, 0.1) is 11.8 Å². The predicted molar refractivity (Wildman–Crippen MR) is 56.1 cm³/mol. The van der Waals surface area contributed by atoms with Crippen molar-refractivity contribution in [2.24, 2.45) is 11.8 Å². The number of ether oxygens (including phenoxy) is 1. The molecule has 0 aromatic carbocycles. The quantitative estimate of drug-likeness (QED) is 0.702. The molecule has 0 bridgehead atoms. The molecule has 0 atom stereocenters. The van der Waals surface area contributed by atoms with E-state index in [-0.39, 0.29) is 11.8 Å². The fourth-order valence-electron chi connectivity index (χ4n) is 1.99. The van der Waals surface area contributed by atoms with Crippen molar-refractivity contribution in [3.05, 3.63) is 0 Å². The molecule has 5 heteroatoms. The molecule has 0 aliphatic carbocycles. The van der Waals surface area contributed by atoms with E-state index in [9.17, 15) is 14.4 Å². The third kappa shape index (κ3) is 2.37. The molecule has 0 aromatic rings. The monoisotopic (exact) mass is 224 g/mol. The van der Waals surface area contributed by atoms with E-state index in [0.29, 0.717) is 6.61 Å². The van der Waals surface area contributed by atoms with E-state index in [2.05, 4.69) is 0 Å². The van der Waals surface area contributed by atoms with Gasteiger partial charge in [0.05, 0.1) is 0 Å². The predicted octanol–water partition coefficient (Wildman–Crippen LogP) is 2.21. The van der Waals surface area contributed by atoms with Crippen molar-refractivity contribution >= 4 is 7.60 Å². The minimum Gasteiger partial charge on any atom is -0.362 e. The molecular weight excluding hydrogens is 203 g/mol. The highest BCUT2D eigenvalue weighted by molar-refractivity contribution is 7.53. The summed E-state index contributed by atoms with van der Waals surface area (Å²) in [6.45, 7) is 9.14.